The summed E-state index contributed by atoms with van der Waals surface area (Å²) in [6.07, 6.45) is 2.01. The zero-order chi connectivity index (χ0) is 20.1. The summed E-state index contributed by atoms with van der Waals surface area (Å²) < 4.78 is 0. The van der Waals surface area contributed by atoms with Crippen LogP contribution in [0.1, 0.15) is 83.5 Å². The lowest BCUT2D eigenvalue weighted by atomic mass is 9.62. The number of phenols is 1. The molecule has 0 atom stereocenters. The predicted octanol–water partition coefficient (Wildman–Crippen LogP) is 4.98. The first-order valence-corrected chi connectivity index (χ1v) is 9.21. The topological polar surface area (TPSA) is 74.6 Å². The van der Waals surface area contributed by atoms with E-state index in [-0.39, 0.29) is 39.1 Å². The summed E-state index contributed by atoms with van der Waals surface area (Å²) in [7, 11) is 0. The van der Waals surface area contributed by atoms with Gasteiger partial charge in [-0.05, 0) is 65.5 Å². The van der Waals surface area contributed by atoms with Gasteiger partial charge in [0, 0.05) is 5.56 Å². The van der Waals surface area contributed by atoms with Crippen LogP contribution in [0.3, 0.4) is 0 Å². The second-order valence-corrected chi connectivity index (χ2v) is 8.85. The smallest absolute Gasteiger partial charge is 0.335 e. The molecule has 2 N–H and O–H groups in total. The molecule has 0 saturated carbocycles. The second kappa shape index (κ2) is 6.22. The number of aromatic carboxylic acids is 1. The molecule has 3 rings (SSSR count). The van der Waals surface area contributed by atoms with Crippen molar-refractivity contribution in [1.29, 1.82) is 0 Å². The molecule has 0 aliphatic heterocycles. The Morgan fingerprint density at radius 2 is 1.44 bits per heavy atom. The molecule has 4 heteroatoms. The third-order valence-corrected chi connectivity index (χ3v) is 5.94. The minimum Gasteiger partial charge on any atom is -0.507 e. The number of fused-ring (bicyclic) bond motifs is 1. The molecule has 4 nitrogen and oxygen atoms in total. The van der Waals surface area contributed by atoms with Crippen LogP contribution in [0.5, 0.6) is 5.75 Å². The van der Waals surface area contributed by atoms with Crippen LogP contribution in [0.4, 0.5) is 0 Å². The Hall–Kier alpha value is -2.62. The van der Waals surface area contributed by atoms with E-state index in [4.69, 9.17) is 0 Å². The Morgan fingerprint density at radius 1 is 0.889 bits per heavy atom. The molecule has 27 heavy (non-hydrogen) atoms. The van der Waals surface area contributed by atoms with Crippen molar-refractivity contribution in [3.8, 4) is 5.75 Å². The number of ketones is 1. The molecule has 2 aromatic rings. The number of phenolic OH excluding ortho intramolecular Hbond substituents is 1. The molecular formula is C23H26O4. The van der Waals surface area contributed by atoms with E-state index in [0.717, 1.165) is 24.0 Å². The van der Waals surface area contributed by atoms with Gasteiger partial charge in [-0.15, -0.1) is 0 Å². The predicted molar refractivity (Wildman–Crippen MR) is 105 cm³/mol. The second-order valence-electron chi connectivity index (χ2n) is 8.85. The van der Waals surface area contributed by atoms with Crippen molar-refractivity contribution < 1.29 is 19.8 Å². The summed E-state index contributed by atoms with van der Waals surface area (Å²) in [5, 5.41) is 19.9. The summed E-state index contributed by atoms with van der Waals surface area (Å²) in [6, 6.07) is 8.13. The molecule has 1 aliphatic carbocycles. The lowest BCUT2D eigenvalue weighted by molar-refractivity contribution is 0.0696. The monoisotopic (exact) mass is 366 g/mol. The minimum absolute atomic E-state index is 0.0537. The average molecular weight is 366 g/mol. The number of benzene rings is 2. The Morgan fingerprint density at radius 3 is 2.00 bits per heavy atom. The number of carbonyl (C=O) groups excluding carboxylic acids is 1. The summed E-state index contributed by atoms with van der Waals surface area (Å²) in [5.74, 6) is -1.49. The van der Waals surface area contributed by atoms with Gasteiger partial charge in [0.1, 0.15) is 5.75 Å². The average Bonchev–Trinajstić information content (AvgIpc) is 2.58. The van der Waals surface area contributed by atoms with Crippen LogP contribution in [0.15, 0.2) is 30.3 Å². The SMILES string of the molecule is Cc1ccc(C(=O)c2cc3c(cc2O)C(C)(C)CCC3(C)C)cc1C(=O)O. The third kappa shape index (κ3) is 3.25. The highest BCUT2D eigenvalue weighted by molar-refractivity contribution is 6.11. The fourth-order valence-electron chi connectivity index (χ4n) is 3.93. The van der Waals surface area contributed by atoms with Gasteiger partial charge in [-0.1, -0.05) is 39.8 Å². The van der Waals surface area contributed by atoms with Gasteiger partial charge in [-0.2, -0.15) is 0 Å². The Balaban J connectivity index is 2.15. The highest BCUT2D eigenvalue weighted by Crippen LogP contribution is 2.47. The van der Waals surface area contributed by atoms with Gasteiger partial charge in [0.2, 0.25) is 0 Å². The van der Waals surface area contributed by atoms with Crippen molar-refractivity contribution >= 4 is 11.8 Å². The van der Waals surface area contributed by atoms with E-state index in [0.29, 0.717) is 5.56 Å². The number of hydrogen-bond donors (Lipinski definition) is 2. The van der Waals surface area contributed by atoms with Crippen molar-refractivity contribution in [1.82, 2.24) is 0 Å². The first-order valence-electron chi connectivity index (χ1n) is 9.21. The van der Waals surface area contributed by atoms with Gasteiger partial charge in [0.05, 0.1) is 11.1 Å². The fourth-order valence-corrected chi connectivity index (χ4v) is 3.93. The largest absolute Gasteiger partial charge is 0.507 e. The molecule has 0 aromatic heterocycles. The highest BCUT2D eigenvalue weighted by Gasteiger charge is 2.38. The molecule has 0 saturated heterocycles. The van der Waals surface area contributed by atoms with Gasteiger partial charge in [0.15, 0.2) is 5.78 Å². The maximum Gasteiger partial charge on any atom is 0.335 e. The summed E-state index contributed by atoms with van der Waals surface area (Å²) in [4.78, 5) is 24.4. The fraction of sp³-hybridized carbons (Fsp3) is 0.391. The lowest BCUT2D eigenvalue weighted by Crippen LogP contribution is -2.34. The van der Waals surface area contributed by atoms with Crippen molar-refractivity contribution in [2.75, 3.05) is 0 Å². The van der Waals surface area contributed by atoms with E-state index < -0.39 is 5.97 Å². The van der Waals surface area contributed by atoms with Crippen LogP contribution in [0.25, 0.3) is 0 Å². The maximum absolute atomic E-state index is 13.1. The van der Waals surface area contributed by atoms with Crippen molar-refractivity contribution in [3.05, 3.63) is 63.7 Å². The van der Waals surface area contributed by atoms with Gasteiger partial charge in [-0.25, -0.2) is 4.79 Å². The van der Waals surface area contributed by atoms with E-state index in [1.165, 1.54) is 6.07 Å². The Kier molecular flexibility index (Phi) is 4.41. The van der Waals surface area contributed by atoms with Crippen LogP contribution < -0.4 is 0 Å². The number of aryl methyl sites for hydroxylation is 1. The van der Waals surface area contributed by atoms with E-state index in [9.17, 15) is 19.8 Å². The highest BCUT2D eigenvalue weighted by atomic mass is 16.4. The standard InChI is InChI=1S/C23H26O4/c1-13-6-7-14(10-15(13)21(26)27)20(25)16-11-17-18(12-19(16)24)23(4,5)9-8-22(17,2)3/h6-7,10-12,24H,8-9H2,1-5H3,(H,26,27). The van der Waals surface area contributed by atoms with Crippen LogP contribution in [-0.2, 0) is 10.8 Å². The van der Waals surface area contributed by atoms with Crippen molar-refractivity contribution in [2.24, 2.45) is 0 Å². The van der Waals surface area contributed by atoms with Crippen LogP contribution in [-0.4, -0.2) is 22.0 Å². The number of carboxylic acids is 1. The summed E-state index contributed by atoms with van der Waals surface area (Å²) in [5.41, 5.74) is 3.17. The first kappa shape index (κ1) is 19.2. The van der Waals surface area contributed by atoms with Crippen LogP contribution in [0.2, 0.25) is 0 Å². The molecule has 2 aromatic carbocycles. The molecule has 1 aliphatic rings. The molecule has 142 valence electrons. The van der Waals surface area contributed by atoms with Gasteiger partial charge in [-0.3, -0.25) is 4.79 Å². The number of carbonyl (C=O) groups is 2. The molecule has 0 heterocycles. The number of hydrogen-bond acceptors (Lipinski definition) is 3. The lowest BCUT2D eigenvalue weighted by Gasteiger charge is -2.42. The number of rotatable bonds is 3. The molecule has 0 fully saturated rings. The van der Waals surface area contributed by atoms with Crippen LogP contribution in [0, 0.1) is 6.92 Å². The normalized spacial score (nSPS) is 17.2. The maximum atomic E-state index is 13.1. The van der Waals surface area contributed by atoms with E-state index >= 15 is 0 Å². The number of carboxylic acid groups (broad SMARTS) is 1. The molecule has 0 radical (unpaired) electrons. The van der Waals surface area contributed by atoms with Gasteiger partial charge < -0.3 is 10.2 Å². The molecule has 0 unspecified atom stereocenters. The van der Waals surface area contributed by atoms with Crippen molar-refractivity contribution in [2.45, 2.75) is 58.3 Å². The molecular weight excluding hydrogens is 340 g/mol. The quantitative estimate of drug-likeness (QED) is 0.751. The Bertz CT molecular complexity index is 951. The molecule has 0 bridgehead atoms. The zero-order valence-corrected chi connectivity index (χ0v) is 16.5. The van der Waals surface area contributed by atoms with E-state index in [2.05, 4.69) is 27.7 Å². The van der Waals surface area contributed by atoms with E-state index in [1.807, 2.05) is 0 Å². The summed E-state index contributed by atoms with van der Waals surface area (Å²) in [6.45, 7) is 10.3. The molecule has 0 spiro atoms. The van der Waals surface area contributed by atoms with Gasteiger partial charge >= 0.3 is 5.97 Å². The van der Waals surface area contributed by atoms with Crippen molar-refractivity contribution in [3.63, 3.8) is 0 Å². The Labute approximate surface area is 159 Å². The first-order chi connectivity index (χ1) is 12.4. The van der Waals surface area contributed by atoms with Crippen LogP contribution >= 0.6 is 0 Å². The number of aromatic hydroxyl groups is 1. The molecule has 0 amide bonds. The minimum atomic E-state index is -1.07. The van der Waals surface area contributed by atoms with Gasteiger partial charge in [0.25, 0.3) is 0 Å². The third-order valence-electron chi connectivity index (χ3n) is 5.94. The zero-order valence-electron chi connectivity index (χ0n) is 16.5. The summed E-state index contributed by atoms with van der Waals surface area (Å²) >= 11 is 0. The van der Waals surface area contributed by atoms with E-state index in [1.54, 1.807) is 31.2 Å².